The van der Waals surface area contributed by atoms with Crippen LogP contribution in [0.2, 0.25) is 5.02 Å². The van der Waals surface area contributed by atoms with Crippen molar-refractivity contribution >= 4 is 44.8 Å². The van der Waals surface area contributed by atoms with Gasteiger partial charge in [0.1, 0.15) is 0 Å². The highest BCUT2D eigenvalue weighted by atomic mass is 79.9. The first-order valence-electron chi connectivity index (χ1n) is 8.09. The number of amides is 1. The van der Waals surface area contributed by atoms with Gasteiger partial charge in [0.05, 0.1) is 3.79 Å². The van der Waals surface area contributed by atoms with E-state index in [2.05, 4.69) is 33.0 Å². The number of benzene rings is 1. The number of rotatable bonds is 5. The van der Waals surface area contributed by atoms with Crippen molar-refractivity contribution < 1.29 is 4.79 Å². The highest BCUT2D eigenvalue weighted by Crippen LogP contribution is 2.24. The number of aryl methyl sites for hydroxylation is 1. The summed E-state index contributed by atoms with van der Waals surface area (Å²) in [4.78, 5) is 18.2. The summed E-state index contributed by atoms with van der Waals surface area (Å²) < 4.78 is 1.17. The molecule has 0 saturated carbocycles. The predicted molar refractivity (Wildman–Crippen MR) is 104 cm³/mol. The highest BCUT2D eigenvalue weighted by molar-refractivity contribution is 9.11. The largest absolute Gasteiger partial charge is 0.340 e. The molecular weight excluding hydrogens is 408 g/mol. The van der Waals surface area contributed by atoms with Crippen LogP contribution in [0.4, 0.5) is 0 Å². The van der Waals surface area contributed by atoms with E-state index in [1.54, 1.807) is 11.3 Å². The number of piperazine rings is 1. The monoisotopic (exact) mass is 426 g/mol. The molecule has 1 aromatic heterocycles. The highest BCUT2D eigenvalue weighted by Gasteiger charge is 2.21. The Balaban J connectivity index is 1.44. The fourth-order valence-electron chi connectivity index (χ4n) is 2.91. The van der Waals surface area contributed by atoms with Gasteiger partial charge in [-0.05, 0) is 46.1 Å². The minimum atomic E-state index is 0.230. The first-order valence-corrected chi connectivity index (χ1v) is 10.1. The maximum Gasteiger partial charge on any atom is 0.222 e. The molecule has 2 aromatic rings. The second-order valence-corrected chi connectivity index (χ2v) is 8.91. The standard InChI is InChI=1S/C18H20BrClN2OS/c19-17-7-6-15(24-17)13-21-9-11-22(12-10-21)18(23)8-5-14-3-1-2-4-16(14)20/h1-4,6-7H,5,8-13H2. The van der Waals surface area contributed by atoms with Crippen molar-refractivity contribution in [2.45, 2.75) is 19.4 Å². The van der Waals surface area contributed by atoms with Crippen molar-refractivity contribution in [3.63, 3.8) is 0 Å². The van der Waals surface area contributed by atoms with E-state index in [1.807, 2.05) is 29.2 Å². The molecule has 6 heteroatoms. The van der Waals surface area contributed by atoms with Crippen LogP contribution >= 0.6 is 38.9 Å². The van der Waals surface area contributed by atoms with Gasteiger partial charge in [-0.3, -0.25) is 9.69 Å². The van der Waals surface area contributed by atoms with Gasteiger partial charge in [0.25, 0.3) is 0 Å². The van der Waals surface area contributed by atoms with Crippen LogP contribution in [0.15, 0.2) is 40.2 Å². The van der Waals surface area contributed by atoms with Gasteiger partial charge in [0.2, 0.25) is 5.91 Å². The molecule has 0 spiro atoms. The molecule has 0 unspecified atom stereocenters. The Morgan fingerprint density at radius 2 is 1.88 bits per heavy atom. The summed E-state index contributed by atoms with van der Waals surface area (Å²) in [5, 5.41) is 0.747. The van der Waals surface area contributed by atoms with E-state index in [1.165, 1.54) is 8.66 Å². The normalized spacial score (nSPS) is 15.7. The van der Waals surface area contributed by atoms with Crippen LogP contribution in [-0.4, -0.2) is 41.9 Å². The van der Waals surface area contributed by atoms with Crippen LogP contribution < -0.4 is 0 Å². The molecule has 3 rings (SSSR count). The van der Waals surface area contributed by atoms with Crippen LogP contribution in [0.3, 0.4) is 0 Å². The van der Waals surface area contributed by atoms with Gasteiger partial charge in [-0.2, -0.15) is 0 Å². The summed E-state index contributed by atoms with van der Waals surface area (Å²) in [6, 6.07) is 12.0. The smallest absolute Gasteiger partial charge is 0.222 e. The van der Waals surface area contributed by atoms with Crippen molar-refractivity contribution in [2.24, 2.45) is 0 Å². The zero-order chi connectivity index (χ0) is 16.9. The fraction of sp³-hybridized carbons (Fsp3) is 0.389. The Labute approximate surface area is 160 Å². The molecule has 1 aliphatic rings. The first kappa shape index (κ1) is 17.9. The molecule has 0 radical (unpaired) electrons. The number of halogens is 2. The van der Waals surface area contributed by atoms with E-state index in [9.17, 15) is 4.79 Å². The van der Waals surface area contributed by atoms with E-state index < -0.39 is 0 Å². The molecule has 0 bridgehead atoms. The molecule has 24 heavy (non-hydrogen) atoms. The van der Waals surface area contributed by atoms with Gasteiger partial charge >= 0.3 is 0 Å². The van der Waals surface area contributed by atoms with Crippen LogP contribution in [-0.2, 0) is 17.8 Å². The molecule has 0 atom stereocenters. The van der Waals surface area contributed by atoms with Gasteiger partial charge in [-0.25, -0.2) is 0 Å². The summed E-state index contributed by atoms with van der Waals surface area (Å²) in [6.07, 6.45) is 1.24. The topological polar surface area (TPSA) is 23.6 Å². The van der Waals surface area contributed by atoms with Gasteiger partial charge < -0.3 is 4.90 Å². The minimum absolute atomic E-state index is 0.230. The average Bonchev–Trinajstić information content (AvgIpc) is 2.99. The third-order valence-electron chi connectivity index (χ3n) is 4.30. The second kappa shape index (κ2) is 8.48. The van der Waals surface area contributed by atoms with E-state index in [0.29, 0.717) is 12.8 Å². The number of nitrogens with zero attached hydrogens (tertiary/aromatic N) is 2. The van der Waals surface area contributed by atoms with Crippen LogP contribution in [0.25, 0.3) is 0 Å². The van der Waals surface area contributed by atoms with Crippen molar-refractivity contribution in [3.8, 4) is 0 Å². The molecule has 1 fully saturated rings. The van der Waals surface area contributed by atoms with E-state index >= 15 is 0 Å². The molecule has 1 saturated heterocycles. The Hall–Kier alpha value is -0.880. The Kier molecular flexibility index (Phi) is 6.33. The molecule has 1 amide bonds. The van der Waals surface area contributed by atoms with Gasteiger partial charge in [-0.1, -0.05) is 29.8 Å². The summed E-state index contributed by atoms with van der Waals surface area (Å²) in [6.45, 7) is 4.47. The minimum Gasteiger partial charge on any atom is -0.340 e. The second-order valence-electron chi connectivity index (χ2n) is 5.95. The lowest BCUT2D eigenvalue weighted by Gasteiger charge is -2.34. The lowest BCUT2D eigenvalue weighted by molar-refractivity contribution is -0.132. The Morgan fingerprint density at radius 3 is 2.54 bits per heavy atom. The zero-order valence-corrected chi connectivity index (χ0v) is 16.5. The third kappa shape index (κ3) is 4.82. The average molecular weight is 428 g/mol. The zero-order valence-electron chi connectivity index (χ0n) is 13.4. The summed E-state index contributed by atoms with van der Waals surface area (Å²) >= 11 is 11.4. The fourth-order valence-corrected chi connectivity index (χ4v) is 4.67. The van der Waals surface area contributed by atoms with E-state index in [-0.39, 0.29) is 5.91 Å². The van der Waals surface area contributed by atoms with Crippen LogP contribution in [0.5, 0.6) is 0 Å². The molecule has 128 valence electrons. The van der Waals surface area contributed by atoms with Gasteiger partial charge in [0.15, 0.2) is 0 Å². The van der Waals surface area contributed by atoms with Gasteiger partial charge in [0, 0.05) is 49.0 Å². The maximum absolute atomic E-state index is 12.4. The SMILES string of the molecule is O=C(CCc1ccccc1Cl)N1CCN(Cc2ccc(Br)s2)CC1. The quantitative estimate of drug-likeness (QED) is 0.704. The number of hydrogen-bond donors (Lipinski definition) is 0. The lowest BCUT2D eigenvalue weighted by Crippen LogP contribution is -2.48. The number of carbonyl (C=O) groups excluding carboxylic acids is 1. The lowest BCUT2D eigenvalue weighted by atomic mass is 10.1. The van der Waals surface area contributed by atoms with E-state index in [4.69, 9.17) is 11.6 Å². The molecule has 1 aromatic carbocycles. The maximum atomic E-state index is 12.4. The van der Waals surface area contributed by atoms with Crippen molar-refractivity contribution in [2.75, 3.05) is 26.2 Å². The van der Waals surface area contributed by atoms with E-state index in [0.717, 1.165) is 43.3 Å². The van der Waals surface area contributed by atoms with Crippen molar-refractivity contribution in [3.05, 3.63) is 55.6 Å². The predicted octanol–water partition coefficient (Wildman–Crippen LogP) is 4.44. The van der Waals surface area contributed by atoms with Crippen molar-refractivity contribution in [1.29, 1.82) is 0 Å². The molecular formula is C18H20BrClN2OS. The Morgan fingerprint density at radius 1 is 1.12 bits per heavy atom. The third-order valence-corrected chi connectivity index (χ3v) is 6.28. The number of hydrogen-bond acceptors (Lipinski definition) is 3. The van der Waals surface area contributed by atoms with Gasteiger partial charge in [-0.15, -0.1) is 11.3 Å². The summed E-state index contributed by atoms with van der Waals surface area (Å²) in [5.41, 5.74) is 1.05. The molecule has 0 N–H and O–H groups in total. The summed E-state index contributed by atoms with van der Waals surface area (Å²) in [5.74, 6) is 0.230. The first-order chi connectivity index (χ1) is 11.6. The number of thiophene rings is 1. The van der Waals surface area contributed by atoms with Crippen LogP contribution in [0.1, 0.15) is 16.9 Å². The van der Waals surface area contributed by atoms with Crippen molar-refractivity contribution in [1.82, 2.24) is 9.80 Å². The number of carbonyl (C=O) groups is 1. The molecule has 3 nitrogen and oxygen atoms in total. The molecule has 0 aliphatic carbocycles. The van der Waals surface area contributed by atoms with Crippen LogP contribution in [0, 0.1) is 0 Å². The summed E-state index contributed by atoms with van der Waals surface area (Å²) in [7, 11) is 0. The molecule has 2 heterocycles. The molecule has 1 aliphatic heterocycles. The Bertz CT molecular complexity index is 698.